The Morgan fingerprint density at radius 1 is 1.12 bits per heavy atom. The molecule has 0 unspecified atom stereocenters. The lowest BCUT2D eigenvalue weighted by Crippen LogP contribution is -2.17. The van der Waals surface area contributed by atoms with Gasteiger partial charge in [0, 0.05) is 11.8 Å². The molecule has 0 aliphatic carbocycles. The van der Waals surface area contributed by atoms with Crippen LogP contribution in [0.4, 0.5) is 23.7 Å². The molecule has 0 aliphatic heterocycles. The van der Waals surface area contributed by atoms with Gasteiger partial charge in [-0.1, -0.05) is 18.2 Å². The molecule has 0 spiro atoms. The Balaban J connectivity index is 2.30. The number of hydrogen-bond donors (Lipinski definition) is 1. The molecule has 1 amide bonds. The Hall–Kier alpha value is -2.75. The first kappa shape index (κ1) is 19.6. The highest BCUT2D eigenvalue weighted by atomic mass is 32.2. The maximum atomic E-state index is 13.0. The van der Waals surface area contributed by atoms with Crippen molar-refractivity contribution in [1.82, 2.24) is 0 Å². The van der Waals surface area contributed by atoms with Gasteiger partial charge >= 0.3 is 22.4 Å². The van der Waals surface area contributed by atoms with Crippen LogP contribution in [0, 0.1) is 0 Å². The van der Waals surface area contributed by atoms with E-state index in [0.29, 0.717) is 6.07 Å². The molecule has 0 aliphatic rings. The Morgan fingerprint density at radius 2 is 1.81 bits per heavy atom. The average molecular weight is 389 g/mol. The zero-order valence-corrected chi connectivity index (χ0v) is 14.2. The first-order chi connectivity index (χ1) is 12.1. The van der Waals surface area contributed by atoms with E-state index in [0.717, 1.165) is 24.3 Å². The Morgan fingerprint density at radius 3 is 2.46 bits per heavy atom. The first-order valence-electron chi connectivity index (χ1n) is 7.28. The number of carbonyl (C=O) groups is 1. The van der Waals surface area contributed by atoms with E-state index in [1.54, 1.807) is 6.92 Å². The normalized spacial score (nSPS) is 11.7. The van der Waals surface area contributed by atoms with E-state index < -0.39 is 32.8 Å². The van der Waals surface area contributed by atoms with Crippen molar-refractivity contribution in [3.8, 4) is 5.75 Å². The Bertz CT molecular complexity index is 897. The quantitative estimate of drug-likeness (QED) is 0.781. The molecular formula is C16H14F3NO5S. The van der Waals surface area contributed by atoms with Crippen molar-refractivity contribution in [2.45, 2.75) is 18.0 Å². The van der Waals surface area contributed by atoms with Crippen LogP contribution in [-0.2, 0) is 21.0 Å². The van der Waals surface area contributed by atoms with Gasteiger partial charge in [0.15, 0.2) is 0 Å². The number of halogens is 3. The van der Waals surface area contributed by atoms with Gasteiger partial charge in [-0.15, -0.1) is 0 Å². The summed E-state index contributed by atoms with van der Waals surface area (Å²) >= 11 is 0. The number of ether oxygens (including phenoxy) is 1. The molecule has 2 rings (SSSR count). The average Bonchev–Trinajstić information content (AvgIpc) is 2.54. The minimum absolute atomic E-state index is 0.130. The van der Waals surface area contributed by atoms with E-state index in [4.69, 9.17) is 4.18 Å². The van der Waals surface area contributed by atoms with Crippen molar-refractivity contribution in [3.63, 3.8) is 0 Å². The SMILES string of the molecule is CCOC(=O)Nc1cccc(OS(=O)(=O)c2ccccc2C(F)(F)F)c1. The van der Waals surface area contributed by atoms with Crippen LogP contribution < -0.4 is 9.50 Å². The van der Waals surface area contributed by atoms with Crippen molar-refractivity contribution in [2.75, 3.05) is 11.9 Å². The summed E-state index contributed by atoms with van der Waals surface area (Å²) < 4.78 is 73.1. The third-order valence-corrected chi connectivity index (χ3v) is 4.33. The predicted octanol–water partition coefficient (Wildman–Crippen LogP) is 4.04. The second-order valence-corrected chi connectivity index (χ2v) is 6.42. The molecule has 0 saturated carbocycles. The van der Waals surface area contributed by atoms with Crippen LogP contribution in [0.3, 0.4) is 0 Å². The van der Waals surface area contributed by atoms with Gasteiger partial charge in [-0.05, 0) is 31.2 Å². The molecule has 0 saturated heterocycles. The molecule has 0 bridgehead atoms. The summed E-state index contributed by atoms with van der Waals surface area (Å²) in [6.07, 6.45) is -5.63. The van der Waals surface area contributed by atoms with E-state index in [-0.39, 0.29) is 18.0 Å². The summed E-state index contributed by atoms with van der Waals surface area (Å²) in [5.74, 6) is -0.267. The number of nitrogens with one attached hydrogen (secondary N) is 1. The summed E-state index contributed by atoms with van der Waals surface area (Å²) in [5.41, 5.74) is -1.18. The minimum Gasteiger partial charge on any atom is -0.450 e. The zero-order chi connectivity index (χ0) is 19.4. The summed E-state index contributed by atoms with van der Waals surface area (Å²) in [7, 11) is -4.75. The van der Waals surface area contributed by atoms with Crippen LogP contribution in [0.5, 0.6) is 5.75 Å². The summed E-state index contributed by atoms with van der Waals surface area (Å²) in [6.45, 7) is 1.73. The molecule has 2 aromatic carbocycles. The third kappa shape index (κ3) is 4.88. The van der Waals surface area contributed by atoms with E-state index in [1.807, 2.05) is 0 Å². The molecule has 1 N–H and O–H groups in total. The molecule has 0 heterocycles. The topological polar surface area (TPSA) is 81.7 Å². The molecule has 2 aromatic rings. The minimum atomic E-state index is -4.86. The smallest absolute Gasteiger partial charge is 0.417 e. The van der Waals surface area contributed by atoms with Gasteiger partial charge in [0.2, 0.25) is 0 Å². The van der Waals surface area contributed by atoms with E-state index in [1.165, 1.54) is 18.2 Å². The lowest BCUT2D eigenvalue weighted by molar-refractivity contribution is -0.139. The van der Waals surface area contributed by atoms with Crippen LogP contribution in [0.15, 0.2) is 53.4 Å². The third-order valence-electron chi connectivity index (χ3n) is 3.02. The second kappa shape index (κ2) is 7.65. The van der Waals surface area contributed by atoms with Gasteiger partial charge in [0.1, 0.15) is 10.6 Å². The van der Waals surface area contributed by atoms with Crippen molar-refractivity contribution in [2.24, 2.45) is 0 Å². The van der Waals surface area contributed by atoms with Gasteiger partial charge in [-0.3, -0.25) is 5.32 Å². The number of hydrogen-bond acceptors (Lipinski definition) is 5. The Kier molecular flexibility index (Phi) is 5.76. The molecule has 0 fully saturated rings. The first-order valence-corrected chi connectivity index (χ1v) is 8.69. The molecule has 0 radical (unpaired) electrons. The highest BCUT2D eigenvalue weighted by Crippen LogP contribution is 2.35. The number of anilines is 1. The lowest BCUT2D eigenvalue weighted by atomic mass is 10.2. The van der Waals surface area contributed by atoms with E-state index in [2.05, 4.69) is 10.1 Å². The van der Waals surface area contributed by atoms with Crippen LogP contribution in [0.2, 0.25) is 0 Å². The standard InChI is InChI=1S/C16H14F3NO5S/c1-2-24-15(21)20-11-6-5-7-12(10-11)25-26(22,23)14-9-4-3-8-13(14)16(17,18)19/h3-10H,2H2,1H3,(H,20,21). The fraction of sp³-hybridized carbons (Fsp3) is 0.188. The van der Waals surface area contributed by atoms with E-state index in [9.17, 15) is 26.4 Å². The molecule has 0 aromatic heterocycles. The molecule has 6 nitrogen and oxygen atoms in total. The predicted molar refractivity (Wildman–Crippen MR) is 86.3 cm³/mol. The Labute approximate surface area is 147 Å². The highest BCUT2D eigenvalue weighted by Gasteiger charge is 2.37. The van der Waals surface area contributed by atoms with Gasteiger partial charge < -0.3 is 8.92 Å². The number of alkyl halides is 3. The largest absolute Gasteiger partial charge is 0.450 e. The number of amides is 1. The van der Waals surface area contributed by atoms with E-state index >= 15 is 0 Å². The highest BCUT2D eigenvalue weighted by molar-refractivity contribution is 7.87. The van der Waals surface area contributed by atoms with Crippen molar-refractivity contribution in [1.29, 1.82) is 0 Å². The molecule has 0 atom stereocenters. The van der Waals surface area contributed by atoms with Gasteiger partial charge in [-0.25, -0.2) is 4.79 Å². The van der Waals surface area contributed by atoms with Gasteiger partial charge in [0.05, 0.1) is 12.2 Å². The lowest BCUT2D eigenvalue weighted by Gasteiger charge is -2.14. The summed E-state index contributed by atoms with van der Waals surface area (Å²) in [5, 5.41) is 2.33. The van der Waals surface area contributed by atoms with Crippen molar-refractivity contribution >= 4 is 21.9 Å². The number of rotatable bonds is 5. The van der Waals surface area contributed by atoms with Gasteiger partial charge in [-0.2, -0.15) is 21.6 Å². The summed E-state index contributed by atoms with van der Waals surface area (Å²) in [4.78, 5) is 10.4. The molecule has 10 heteroatoms. The second-order valence-electron chi connectivity index (χ2n) is 4.90. The maximum Gasteiger partial charge on any atom is 0.417 e. The molecular weight excluding hydrogens is 375 g/mol. The zero-order valence-electron chi connectivity index (χ0n) is 13.4. The fourth-order valence-corrected chi connectivity index (χ4v) is 3.15. The van der Waals surface area contributed by atoms with Crippen LogP contribution in [-0.4, -0.2) is 21.1 Å². The van der Waals surface area contributed by atoms with Gasteiger partial charge in [0.25, 0.3) is 0 Å². The van der Waals surface area contributed by atoms with Crippen molar-refractivity contribution < 1.29 is 35.3 Å². The van der Waals surface area contributed by atoms with Crippen LogP contribution >= 0.6 is 0 Å². The number of carbonyl (C=O) groups excluding carboxylic acids is 1. The fourth-order valence-electron chi connectivity index (χ4n) is 2.00. The summed E-state index contributed by atoms with van der Waals surface area (Å²) in [6, 6.07) is 8.85. The molecule has 26 heavy (non-hydrogen) atoms. The molecule has 140 valence electrons. The van der Waals surface area contributed by atoms with Crippen LogP contribution in [0.25, 0.3) is 0 Å². The van der Waals surface area contributed by atoms with Crippen molar-refractivity contribution in [3.05, 3.63) is 54.1 Å². The number of benzene rings is 2. The van der Waals surface area contributed by atoms with Crippen LogP contribution in [0.1, 0.15) is 12.5 Å². The monoisotopic (exact) mass is 389 g/mol. The maximum absolute atomic E-state index is 13.0.